The molecule has 2 fully saturated rings. The van der Waals surface area contributed by atoms with Gasteiger partial charge in [0, 0.05) is 25.2 Å². The Morgan fingerprint density at radius 3 is 2.55 bits per heavy atom. The van der Waals surface area contributed by atoms with Crippen LogP contribution in [0.25, 0.3) is 0 Å². The van der Waals surface area contributed by atoms with Crippen LogP contribution < -0.4 is 16.8 Å². The number of nitrogens with one attached hydrogen (secondary N) is 1. The average Bonchev–Trinajstić information content (AvgIpc) is 2.61. The molecule has 1 aromatic heterocycles. The summed E-state index contributed by atoms with van der Waals surface area (Å²) in [4.78, 5) is 6.28. The molecule has 8 nitrogen and oxygen atoms in total. The summed E-state index contributed by atoms with van der Waals surface area (Å²) in [5, 5.41) is 22.7. The van der Waals surface area contributed by atoms with Crippen molar-refractivity contribution in [1.82, 2.24) is 15.3 Å². The van der Waals surface area contributed by atoms with Gasteiger partial charge in [-0.05, 0) is 38.5 Å². The molecule has 0 aromatic carbocycles. The standard InChI is InChI=1S/C13H26N2O3.C5H4F3N3/c1-8(4-9-5-10(14)6-9)15-7-12-13(17)11(16)2-3-18-12;6-5(7,8)3-1-10-2-4(9)11-3/h8-13,15-17H,2-7,14H2,1H3;1-2H,(H2,9,11). The minimum atomic E-state index is -4.47. The Kier molecular flexibility index (Phi) is 8.58. The van der Waals surface area contributed by atoms with E-state index < -0.39 is 24.1 Å². The number of hydrogen-bond acceptors (Lipinski definition) is 8. The number of alkyl halides is 3. The maximum Gasteiger partial charge on any atom is 0.434 e. The fraction of sp³-hybridized carbons (Fsp3) is 0.778. The van der Waals surface area contributed by atoms with E-state index in [1.165, 1.54) is 0 Å². The molecule has 0 bridgehead atoms. The molecule has 11 heteroatoms. The van der Waals surface area contributed by atoms with Crippen molar-refractivity contribution in [1.29, 1.82) is 0 Å². The predicted molar refractivity (Wildman–Crippen MR) is 101 cm³/mol. The zero-order chi connectivity index (χ0) is 21.6. The molecule has 1 aliphatic carbocycles. The van der Waals surface area contributed by atoms with Gasteiger partial charge in [0.2, 0.25) is 0 Å². The number of nitrogen functional groups attached to an aromatic ring is 1. The van der Waals surface area contributed by atoms with Crippen LogP contribution in [0, 0.1) is 5.92 Å². The summed E-state index contributed by atoms with van der Waals surface area (Å²) >= 11 is 0. The molecule has 1 saturated heterocycles. The van der Waals surface area contributed by atoms with E-state index in [4.69, 9.17) is 16.2 Å². The van der Waals surface area contributed by atoms with Gasteiger partial charge in [0.15, 0.2) is 5.69 Å². The molecule has 1 saturated carbocycles. The van der Waals surface area contributed by atoms with E-state index in [2.05, 4.69) is 22.2 Å². The molecule has 4 unspecified atom stereocenters. The second kappa shape index (κ2) is 10.5. The number of rotatable bonds is 5. The fourth-order valence-electron chi connectivity index (χ4n) is 3.43. The van der Waals surface area contributed by atoms with Gasteiger partial charge in [0.25, 0.3) is 0 Å². The van der Waals surface area contributed by atoms with Crippen LogP contribution in [0.3, 0.4) is 0 Å². The number of aliphatic hydroxyl groups is 2. The van der Waals surface area contributed by atoms with E-state index in [0.29, 0.717) is 37.9 Å². The lowest BCUT2D eigenvalue weighted by Gasteiger charge is -2.36. The van der Waals surface area contributed by atoms with Crippen molar-refractivity contribution in [3.63, 3.8) is 0 Å². The van der Waals surface area contributed by atoms with Gasteiger partial charge in [-0.25, -0.2) is 4.98 Å². The zero-order valence-corrected chi connectivity index (χ0v) is 16.3. The molecular weight excluding hydrogens is 391 g/mol. The van der Waals surface area contributed by atoms with Crippen LogP contribution in [0.15, 0.2) is 12.4 Å². The Hall–Kier alpha value is -1.53. The van der Waals surface area contributed by atoms with Gasteiger partial charge in [0.1, 0.15) is 11.9 Å². The molecule has 2 aliphatic rings. The largest absolute Gasteiger partial charge is 0.434 e. The number of nitrogens with two attached hydrogens (primary N) is 2. The third-order valence-corrected chi connectivity index (χ3v) is 5.09. The van der Waals surface area contributed by atoms with E-state index in [9.17, 15) is 23.4 Å². The molecule has 0 spiro atoms. The summed E-state index contributed by atoms with van der Waals surface area (Å²) in [6.07, 6.45) is -0.596. The van der Waals surface area contributed by atoms with Gasteiger partial charge >= 0.3 is 6.18 Å². The maximum absolute atomic E-state index is 11.8. The number of aromatic nitrogens is 2. The minimum absolute atomic E-state index is 0.236. The monoisotopic (exact) mass is 421 g/mol. The smallest absolute Gasteiger partial charge is 0.390 e. The van der Waals surface area contributed by atoms with Crippen LogP contribution in [-0.2, 0) is 10.9 Å². The van der Waals surface area contributed by atoms with Crippen LogP contribution >= 0.6 is 0 Å². The Morgan fingerprint density at radius 2 is 2.00 bits per heavy atom. The second-order valence-corrected chi connectivity index (χ2v) is 7.73. The number of nitrogens with zero attached hydrogens (tertiary/aromatic N) is 2. The van der Waals surface area contributed by atoms with Gasteiger partial charge in [-0.1, -0.05) is 0 Å². The van der Waals surface area contributed by atoms with E-state index >= 15 is 0 Å². The number of aliphatic hydroxyl groups excluding tert-OH is 2. The molecule has 0 radical (unpaired) electrons. The van der Waals surface area contributed by atoms with Crippen LogP contribution in [0.1, 0.15) is 38.3 Å². The number of ether oxygens (including phenoxy) is 1. The van der Waals surface area contributed by atoms with Crippen molar-refractivity contribution in [2.75, 3.05) is 18.9 Å². The fourth-order valence-corrected chi connectivity index (χ4v) is 3.43. The molecule has 4 atom stereocenters. The molecule has 7 N–H and O–H groups in total. The average molecular weight is 421 g/mol. The molecule has 3 rings (SSSR count). The van der Waals surface area contributed by atoms with Gasteiger partial charge < -0.3 is 31.7 Å². The van der Waals surface area contributed by atoms with Crippen LogP contribution in [0.4, 0.5) is 19.0 Å². The third kappa shape index (κ3) is 7.67. The van der Waals surface area contributed by atoms with Crippen LogP contribution in [-0.4, -0.2) is 63.7 Å². The normalized spacial score (nSPS) is 30.7. The highest BCUT2D eigenvalue weighted by atomic mass is 19.4. The van der Waals surface area contributed by atoms with E-state index in [0.717, 1.165) is 31.4 Å². The maximum atomic E-state index is 11.8. The first-order chi connectivity index (χ1) is 13.6. The third-order valence-electron chi connectivity index (χ3n) is 5.09. The van der Waals surface area contributed by atoms with Crippen LogP contribution in [0.2, 0.25) is 0 Å². The second-order valence-electron chi connectivity index (χ2n) is 7.73. The summed E-state index contributed by atoms with van der Waals surface area (Å²) in [6.45, 7) is 3.27. The molecule has 0 amide bonds. The van der Waals surface area contributed by atoms with Gasteiger partial charge in [-0.3, -0.25) is 4.98 Å². The number of hydrogen-bond donors (Lipinski definition) is 5. The Bertz CT molecular complexity index is 631. The number of halogens is 3. The van der Waals surface area contributed by atoms with Crippen molar-refractivity contribution >= 4 is 5.82 Å². The quantitative estimate of drug-likeness (QED) is 0.468. The summed E-state index contributed by atoms with van der Waals surface area (Å²) in [6, 6.07) is 0.804. The molecule has 166 valence electrons. The van der Waals surface area contributed by atoms with E-state index in [1.54, 1.807) is 0 Å². The summed E-state index contributed by atoms with van der Waals surface area (Å²) in [7, 11) is 0. The highest BCUT2D eigenvalue weighted by Crippen LogP contribution is 2.29. The minimum Gasteiger partial charge on any atom is -0.390 e. The van der Waals surface area contributed by atoms with Crippen LogP contribution in [0.5, 0.6) is 0 Å². The summed E-state index contributed by atoms with van der Waals surface area (Å²) in [5.41, 5.74) is 9.68. The van der Waals surface area contributed by atoms with Crippen molar-refractivity contribution in [2.24, 2.45) is 11.7 Å². The molecule has 1 aromatic rings. The van der Waals surface area contributed by atoms with Crippen molar-refractivity contribution in [3.8, 4) is 0 Å². The number of anilines is 1. The Morgan fingerprint density at radius 1 is 1.31 bits per heavy atom. The highest BCUT2D eigenvalue weighted by molar-refractivity contribution is 5.24. The summed E-state index contributed by atoms with van der Waals surface area (Å²) < 4.78 is 40.9. The van der Waals surface area contributed by atoms with Gasteiger partial charge in [-0.15, -0.1) is 0 Å². The molecule has 2 heterocycles. The lowest BCUT2D eigenvalue weighted by Crippen LogP contribution is -2.50. The van der Waals surface area contributed by atoms with Crippen molar-refractivity contribution < 1.29 is 28.1 Å². The summed E-state index contributed by atoms with van der Waals surface area (Å²) in [5.74, 6) is 0.505. The molecular formula is C18H30F3N5O3. The van der Waals surface area contributed by atoms with Gasteiger partial charge in [0.05, 0.1) is 24.6 Å². The first-order valence-corrected chi connectivity index (χ1v) is 9.67. The Labute approximate surface area is 167 Å². The highest BCUT2D eigenvalue weighted by Gasteiger charge is 2.33. The van der Waals surface area contributed by atoms with E-state index in [1.807, 2.05) is 0 Å². The van der Waals surface area contributed by atoms with Crippen molar-refractivity contribution in [3.05, 3.63) is 18.1 Å². The lowest BCUT2D eigenvalue weighted by atomic mass is 9.77. The first-order valence-electron chi connectivity index (χ1n) is 9.67. The SMILES string of the molecule is CC(CC1CC(N)C1)NCC1OCCC(O)C1O.Nc1cncc(C(F)(F)F)n1. The van der Waals surface area contributed by atoms with Crippen molar-refractivity contribution in [2.45, 2.75) is 69.2 Å². The molecule has 29 heavy (non-hydrogen) atoms. The topological polar surface area (TPSA) is 140 Å². The Balaban J connectivity index is 0.000000234. The van der Waals surface area contributed by atoms with Gasteiger partial charge in [-0.2, -0.15) is 13.2 Å². The lowest BCUT2D eigenvalue weighted by molar-refractivity contribution is -0.141. The molecule has 1 aliphatic heterocycles. The van der Waals surface area contributed by atoms with E-state index in [-0.39, 0.29) is 11.9 Å². The predicted octanol–water partition coefficient (Wildman–Crippen LogP) is 0.680. The first kappa shape index (κ1) is 23.7. The zero-order valence-electron chi connectivity index (χ0n) is 16.3.